The summed E-state index contributed by atoms with van der Waals surface area (Å²) in [6, 6.07) is 12.0. The van der Waals surface area contributed by atoms with Gasteiger partial charge in [0, 0.05) is 25.2 Å². The second-order valence-electron chi connectivity index (χ2n) is 4.62. The van der Waals surface area contributed by atoms with E-state index in [9.17, 15) is 0 Å². The van der Waals surface area contributed by atoms with E-state index in [-0.39, 0.29) is 0 Å². The van der Waals surface area contributed by atoms with Gasteiger partial charge in [0.15, 0.2) is 0 Å². The summed E-state index contributed by atoms with van der Waals surface area (Å²) in [4.78, 5) is 2.57. The molecule has 1 aliphatic heterocycles. The highest BCUT2D eigenvalue weighted by Crippen LogP contribution is 2.24. The highest BCUT2D eigenvalue weighted by molar-refractivity contribution is 5.18. The van der Waals surface area contributed by atoms with E-state index in [1.807, 2.05) is 0 Å². The Hall–Kier alpha value is -0.860. The van der Waals surface area contributed by atoms with E-state index >= 15 is 0 Å². The zero-order chi connectivity index (χ0) is 11.4. The maximum atomic E-state index is 3.54. The van der Waals surface area contributed by atoms with Crippen molar-refractivity contribution in [1.29, 1.82) is 0 Å². The van der Waals surface area contributed by atoms with Gasteiger partial charge in [-0.1, -0.05) is 37.3 Å². The molecule has 0 spiro atoms. The quantitative estimate of drug-likeness (QED) is 0.835. The van der Waals surface area contributed by atoms with E-state index < -0.39 is 0 Å². The van der Waals surface area contributed by atoms with Crippen LogP contribution in [0.15, 0.2) is 30.3 Å². The van der Waals surface area contributed by atoms with Crippen LogP contribution in [0.5, 0.6) is 0 Å². The van der Waals surface area contributed by atoms with Crippen LogP contribution >= 0.6 is 0 Å². The van der Waals surface area contributed by atoms with E-state index in [4.69, 9.17) is 0 Å². The molecule has 2 heteroatoms. The van der Waals surface area contributed by atoms with Crippen molar-refractivity contribution in [1.82, 2.24) is 10.2 Å². The van der Waals surface area contributed by atoms with Crippen LogP contribution in [0.1, 0.15) is 31.9 Å². The molecule has 0 unspecified atom stereocenters. The van der Waals surface area contributed by atoms with Crippen LogP contribution in [-0.4, -0.2) is 30.6 Å². The van der Waals surface area contributed by atoms with Crippen molar-refractivity contribution in [2.45, 2.75) is 32.4 Å². The van der Waals surface area contributed by atoms with Crippen molar-refractivity contribution >= 4 is 0 Å². The van der Waals surface area contributed by atoms with Gasteiger partial charge in [-0.3, -0.25) is 4.90 Å². The second-order valence-corrected chi connectivity index (χ2v) is 4.62. The monoisotopic (exact) mass is 218 g/mol. The SMILES string of the molecule is CCN[C@@H]1CCN([C@H](C)c2ccccc2)C1. The second kappa shape index (κ2) is 5.46. The number of benzene rings is 1. The van der Waals surface area contributed by atoms with Crippen LogP contribution in [0.2, 0.25) is 0 Å². The molecule has 2 rings (SSSR count). The van der Waals surface area contributed by atoms with Gasteiger partial charge < -0.3 is 5.32 Å². The van der Waals surface area contributed by atoms with Crippen molar-refractivity contribution in [2.75, 3.05) is 19.6 Å². The van der Waals surface area contributed by atoms with Crippen molar-refractivity contribution in [2.24, 2.45) is 0 Å². The van der Waals surface area contributed by atoms with Gasteiger partial charge in [0.05, 0.1) is 0 Å². The minimum atomic E-state index is 0.546. The van der Waals surface area contributed by atoms with Crippen molar-refractivity contribution in [3.8, 4) is 0 Å². The molecule has 0 amide bonds. The summed E-state index contributed by atoms with van der Waals surface area (Å²) in [5.41, 5.74) is 1.43. The van der Waals surface area contributed by atoms with E-state index in [0.29, 0.717) is 12.1 Å². The molecule has 2 nitrogen and oxygen atoms in total. The maximum Gasteiger partial charge on any atom is 0.0320 e. The van der Waals surface area contributed by atoms with Gasteiger partial charge >= 0.3 is 0 Å². The van der Waals surface area contributed by atoms with Gasteiger partial charge in [-0.05, 0) is 25.5 Å². The normalized spacial score (nSPS) is 23.5. The van der Waals surface area contributed by atoms with Gasteiger partial charge in [0.1, 0.15) is 0 Å². The lowest BCUT2D eigenvalue weighted by Gasteiger charge is -2.24. The Morgan fingerprint density at radius 2 is 2.12 bits per heavy atom. The van der Waals surface area contributed by atoms with Gasteiger partial charge in [-0.2, -0.15) is 0 Å². The van der Waals surface area contributed by atoms with Crippen LogP contribution in [0.3, 0.4) is 0 Å². The molecule has 1 saturated heterocycles. The van der Waals surface area contributed by atoms with Crippen LogP contribution in [-0.2, 0) is 0 Å². The van der Waals surface area contributed by atoms with Crippen LogP contribution in [0.25, 0.3) is 0 Å². The predicted octanol–water partition coefficient (Wildman–Crippen LogP) is 2.43. The van der Waals surface area contributed by atoms with Gasteiger partial charge in [-0.15, -0.1) is 0 Å². The standard InChI is InChI=1S/C14H22N2/c1-3-15-14-9-10-16(11-14)12(2)13-7-5-4-6-8-13/h4-8,12,14-15H,3,9-11H2,1-2H3/t12-,14-/m1/s1. The number of likely N-dealkylation sites (tertiary alicyclic amines) is 1. The number of likely N-dealkylation sites (N-methyl/N-ethyl adjacent to an activating group) is 1. The number of nitrogens with zero attached hydrogens (tertiary/aromatic N) is 1. The highest BCUT2D eigenvalue weighted by atomic mass is 15.2. The van der Waals surface area contributed by atoms with Crippen molar-refractivity contribution in [3.63, 3.8) is 0 Å². The smallest absolute Gasteiger partial charge is 0.0320 e. The first-order valence-corrected chi connectivity index (χ1v) is 6.33. The van der Waals surface area contributed by atoms with E-state index in [2.05, 4.69) is 54.4 Å². The van der Waals surface area contributed by atoms with Crippen LogP contribution < -0.4 is 5.32 Å². The Kier molecular flexibility index (Phi) is 3.97. The number of hydrogen-bond acceptors (Lipinski definition) is 2. The topological polar surface area (TPSA) is 15.3 Å². The van der Waals surface area contributed by atoms with Gasteiger partial charge in [0.25, 0.3) is 0 Å². The van der Waals surface area contributed by atoms with Gasteiger partial charge in [0.2, 0.25) is 0 Å². The average molecular weight is 218 g/mol. The molecule has 1 aromatic rings. The summed E-state index contributed by atoms with van der Waals surface area (Å²) in [7, 11) is 0. The molecule has 16 heavy (non-hydrogen) atoms. The molecule has 0 radical (unpaired) electrons. The number of nitrogens with one attached hydrogen (secondary N) is 1. The first kappa shape index (κ1) is 11.6. The average Bonchev–Trinajstić information content (AvgIpc) is 2.78. The van der Waals surface area contributed by atoms with E-state index in [0.717, 1.165) is 6.54 Å². The molecule has 0 saturated carbocycles. The molecule has 1 aliphatic rings. The summed E-state index contributed by atoms with van der Waals surface area (Å²) in [5.74, 6) is 0. The lowest BCUT2D eigenvalue weighted by atomic mass is 10.1. The zero-order valence-corrected chi connectivity index (χ0v) is 10.3. The largest absolute Gasteiger partial charge is 0.313 e. The Bertz CT molecular complexity index is 310. The lowest BCUT2D eigenvalue weighted by Crippen LogP contribution is -2.33. The fourth-order valence-electron chi connectivity index (χ4n) is 2.54. The maximum absolute atomic E-state index is 3.54. The fraction of sp³-hybridized carbons (Fsp3) is 0.571. The Balaban J connectivity index is 1.94. The molecule has 1 fully saturated rings. The number of hydrogen-bond donors (Lipinski definition) is 1. The van der Waals surface area contributed by atoms with Crippen molar-refractivity contribution < 1.29 is 0 Å². The Labute approximate surface area is 98.7 Å². The molecule has 1 N–H and O–H groups in total. The molecule has 1 aromatic carbocycles. The molecule has 1 heterocycles. The first-order valence-electron chi connectivity index (χ1n) is 6.33. The molecular formula is C14H22N2. The highest BCUT2D eigenvalue weighted by Gasteiger charge is 2.25. The Morgan fingerprint density at radius 3 is 2.81 bits per heavy atom. The molecule has 0 bridgehead atoms. The van der Waals surface area contributed by atoms with E-state index in [1.165, 1.54) is 25.1 Å². The predicted molar refractivity (Wildman–Crippen MR) is 68.5 cm³/mol. The minimum absolute atomic E-state index is 0.546. The molecule has 88 valence electrons. The summed E-state index contributed by atoms with van der Waals surface area (Å²) in [6.07, 6.45) is 1.28. The molecule has 2 atom stereocenters. The van der Waals surface area contributed by atoms with E-state index in [1.54, 1.807) is 0 Å². The third kappa shape index (κ3) is 2.63. The van der Waals surface area contributed by atoms with Gasteiger partial charge in [-0.25, -0.2) is 0 Å². The zero-order valence-electron chi connectivity index (χ0n) is 10.3. The summed E-state index contributed by atoms with van der Waals surface area (Å²) in [6.45, 7) is 7.97. The summed E-state index contributed by atoms with van der Waals surface area (Å²) >= 11 is 0. The third-order valence-electron chi connectivity index (χ3n) is 3.54. The fourth-order valence-corrected chi connectivity index (χ4v) is 2.54. The minimum Gasteiger partial charge on any atom is -0.313 e. The molecular weight excluding hydrogens is 196 g/mol. The first-order chi connectivity index (χ1) is 7.81. The third-order valence-corrected chi connectivity index (χ3v) is 3.54. The van der Waals surface area contributed by atoms with Crippen LogP contribution in [0.4, 0.5) is 0 Å². The molecule has 0 aromatic heterocycles. The lowest BCUT2D eigenvalue weighted by molar-refractivity contribution is 0.256. The molecule has 0 aliphatic carbocycles. The summed E-state index contributed by atoms with van der Waals surface area (Å²) in [5, 5.41) is 3.54. The van der Waals surface area contributed by atoms with Crippen molar-refractivity contribution in [3.05, 3.63) is 35.9 Å². The summed E-state index contributed by atoms with van der Waals surface area (Å²) < 4.78 is 0. The number of rotatable bonds is 4. The van der Waals surface area contributed by atoms with Crippen LogP contribution in [0, 0.1) is 0 Å². The Morgan fingerprint density at radius 1 is 1.38 bits per heavy atom.